The number of nitrogens with zero attached hydrogens (tertiary/aromatic N) is 2. The van der Waals surface area contributed by atoms with E-state index in [1.807, 2.05) is 0 Å². The van der Waals surface area contributed by atoms with E-state index in [0.29, 0.717) is 12.1 Å². The zero-order valence-electron chi connectivity index (χ0n) is 20.2. The van der Waals surface area contributed by atoms with Crippen molar-refractivity contribution in [3.63, 3.8) is 0 Å². The molecule has 6 rings (SSSR count). The molecule has 34 heavy (non-hydrogen) atoms. The lowest BCUT2D eigenvalue weighted by molar-refractivity contribution is -0.719. The lowest BCUT2D eigenvalue weighted by Crippen LogP contribution is -2.44. The molecule has 0 radical (unpaired) electrons. The van der Waals surface area contributed by atoms with Crippen LogP contribution in [0.4, 0.5) is 0 Å². The van der Waals surface area contributed by atoms with Crippen molar-refractivity contribution in [3.8, 4) is 22.5 Å². The SMILES string of the molecule is c1ccc(-c2cc3cc(-c4ccccc4)[n+](C4CCCCC4)cc3c[n+]2C2CCCCC2)cc1. The molecule has 0 aliphatic heterocycles. The van der Waals surface area contributed by atoms with Crippen LogP contribution in [-0.4, -0.2) is 0 Å². The standard InChI is InChI=1S/C32H36N2/c1-5-13-25(14-6-1)31-21-27-22-32(26-15-7-2-8-16-26)34(30-19-11-4-12-20-30)24-28(27)23-33(31)29-17-9-3-10-18-29/h1-2,5-8,13-16,21-24,29-30H,3-4,9-12,17-20H2/q+2. The first-order chi connectivity index (χ1) is 16.9. The van der Waals surface area contributed by atoms with Crippen LogP contribution in [0.25, 0.3) is 33.3 Å². The maximum atomic E-state index is 2.62. The third-order valence-electron chi connectivity index (χ3n) is 8.11. The van der Waals surface area contributed by atoms with Crippen molar-refractivity contribution in [2.24, 2.45) is 0 Å². The Hall–Kier alpha value is -3.00. The Labute approximate surface area is 203 Å². The molecule has 0 amide bonds. The van der Waals surface area contributed by atoms with Gasteiger partial charge in [-0.1, -0.05) is 49.2 Å². The highest BCUT2D eigenvalue weighted by molar-refractivity contribution is 5.85. The molecule has 0 N–H and O–H groups in total. The van der Waals surface area contributed by atoms with E-state index in [1.54, 1.807) is 0 Å². The van der Waals surface area contributed by atoms with Gasteiger partial charge in [-0.15, -0.1) is 0 Å². The predicted octanol–water partition coefficient (Wildman–Crippen LogP) is 7.76. The van der Waals surface area contributed by atoms with Crippen molar-refractivity contribution in [1.82, 2.24) is 0 Å². The lowest BCUT2D eigenvalue weighted by atomic mass is 9.93. The first-order valence-electron chi connectivity index (χ1n) is 13.4. The minimum Gasteiger partial charge on any atom is -0.195 e. The summed E-state index contributed by atoms with van der Waals surface area (Å²) in [5.41, 5.74) is 5.35. The summed E-state index contributed by atoms with van der Waals surface area (Å²) in [4.78, 5) is 0. The molecule has 2 aromatic carbocycles. The molecule has 2 saturated carbocycles. The number of aromatic nitrogens is 2. The highest BCUT2D eigenvalue weighted by atomic mass is 15.0. The van der Waals surface area contributed by atoms with Crippen LogP contribution in [0.3, 0.4) is 0 Å². The van der Waals surface area contributed by atoms with Crippen molar-refractivity contribution in [2.75, 3.05) is 0 Å². The zero-order valence-corrected chi connectivity index (χ0v) is 20.2. The topological polar surface area (TPSA) is 7.76 Å². The average molecular weight is 449 g/mol. The molecule has 2 heterocycles. The van der Waals surface area contributed by atoms with Gasteiger partial charge in [-0.05, 0) is 49.9 Å². The monoisotopic (exact) mass is 448 g/mol. The molecule has 172 valence electrons. The van der Waals surface area contributed by atoms with E-state index in [0.717, 1.165) is 0 Å². The minimum atomic E-state index is 0.602. The molecule has 2 aromatic heterocycles. The fourth-order valence-electron chi connectivity index (χ4n) is 6.28. The van der Waals surface area contributed by atoms with E-state index in [9.17, 15) is 0 Å². The smallest absolute Gasteiger partial charge is 0.195 e. The highest BCUT2D eigenvalue weighted by Gasteiger charge is 2.30. The molecule has 0 unspecified atom stereocenters. The van der Waals surface area contributed by atoms with Crippen LogP contribution in [0.5, 0.6) is 0 Å². The second kappa shape index (κ2) is 9.70. The molecule has 2 aliphatic carbocycles. The van der Waals surface area contributed by atoms with Gasteiger partial charge in [0.2, 0.25) is 11.4 Å². The van der Waals surface area contributed by atoms with Crippen molar-refractivity contribution in [3.05, 3.63) is 85.2 Å². The summed E-state index contributed by atoms with van der Waals surface area (Å²) in [6.45, 7) is 0. The zero-order chi connectivity index (χ0) is 22.7. The molecule has 2 nitrogen and oxygen atoms in total. The van der Waals surface area contributed by atoms with Gasteiger partial charge in [0.15, 0.2) is 24.5 Å². The Morgan fingerprint density at radius 3 is 1.29 bits per heavy atom. The normalized spacial score (nSPS) is 17.8. The largest absolute Gasteiger partial charge is 0.213 e. The van der Waals surface area contributed by atoms with Gasteiger partial charge in [0.1, 0.15) is 5.39 Å². The van der Waals surface area contributed by atoms with Gasteiger partial charge in [0.25, 0.3) is 0 Å². The van der Waals surface area contributed by atoms with Crippen molar-refractivity contribution < 1.29 is 9.13 Å². The summed E-state index contributed by atoms with van der Waals surface area (Å²) in [7, 11) is 0. The Balaban J connectivity index is 1.56. The van der Waals surface area contributed by atoms with Crippen molar-refractivity contribution in [2.45, 2.75) is 76.3 Å². The predicted molar refractivity (Wildman–Crippen MR) is 139 cm³/mol. The van der Waals surface area contributed by atoms with Crippen LogP contribution in [0, 0.1) is 0 Å². The lowest BCUT2D eigenvalue weighted by Gasteiger charge is -2.21. The molecule has 4 aromatic rings. The summed E-state index contributed by atoms with van der Waals surface area (Å²) >= 11 is 0. The molecule has 0 saturated heterocycles. The van der Waals surface area contributed by atoms with E-state index < -0.39 is 0 Å². The molecule has 2 aliphatic rings. The Morgan fingerprint density at radius 1 is 0.471 bits per heavy atom. The van der Waals surface area contributed by atoms with Gasteiger partial charge in [0.05, 0.1) is 0 Å². The molecule has 2 fully saturated rings. The number of benzene rings is 2. The van der Waals surface area contributed by atoms with Crippen LogP contribution in [-0.2, 0) is 0 Å². The molecule has 0 bridgehead atoms. The van der Waals surface area contributed by atoms with Crippen molar-refractivity contribution in [1.29, 1.82) is 0 Å². The van der Waals surface area contributed by atoms with Gasteiger partial charge in [-0.3, -0.25) is 0 Å². The summed E-state index contributed by atoms with van der Waals surface area (Å²) in [5, 5.41) is 2.72. The maximum absolute atomic E-state index is 2.62. The summed E-state index contributed by atoms with van der Waals surface area (Å²) in [6.07, 6.45) is 18.3. The van der Waals surface area contributed by atoms with Gasteiger partial charge in [-0.25, -0.2) is 0 Å². The Kier molecular flexibility index (Phi) is 6.14. The third-order valence-corrected chi connectivity index (χ3v) is 8.11. The van der Waals surface area contributed by atoms with E-state index >= 15 is 0 Å². The fraction of sp³-hybridized carbons (Fsp3) is 0.375. The first kappa shape index (κ1) is 21.5. The number of hydrogen-bond donors (Lipinski definition) is 0. The average Bonchev–Trinajstić information content (AvgIpc) is 2.93. The third kappa shape index (κ3) is 4.27. The second-order valence-electron chi connectivity index (χ2n) is 10.4. The highest BCUT2D eigenvalue weighted by Crippen LogP contribution is 2.31. The second-order valence-corrected chi connectivity index (χ2v) is 10.4. The summed E-state index contributed by atoms with van der Waals surface area (Å²) < 4.78 is 5.23. The maximum Gasteiger partial charge on any atom is 0.213 e. The quantitative estimate of drug-likeness (QED) is 0.282. The molecule has 0 atom stereocenters. The summed E-state index contributed by atoms with van der Waals surface area (Å²) in [5.74, 6) is 0. The van der Waals surface area contributed by atoms with Crippen molar-refractivity contribution >= 4 is 10.8 Å². The fourth-order valence-corrected chi connectivity index (χ4v) is 6.28. The number of pyridine rings is 2. The van der Waals surface area contributed by atoms with Crippen LogP contribution < -0.4 is 9.13 Å². The minimum absolute atomic E-state index is 0.602. The molecular formula is C32H36N2+2. The van der Waals surface area contributed by atoms with E-state index in [1.165, 1.54) is 97.5 Å². The van der Waals surface area contributed by atoms with Gasteiger partial charge in [-0.2, -0.15) is 9.13 Å². The Bertz CT molecular complexity index is 1150. The van der Waals surface area contributed by atoms with Gasteiger partial charge >= 0.3 is 0 Å². The number of hydrogen-bond acceptors (Lipinski definition) is 0. The number of fused-ring (bicyclic) bond motifs is 1. The van der Waals surface area contributed by atoms with E-state index in [-0.39, 0.29) is 0 Å². The van der Waals surface area contributed by atoms with Crippen LogP contribution in [0.1, 0.15) is 76.3 Å². The van der Waals surface area contributed by atoms with E-state index in [2.05, 4.69) is 94.3 Å². The molecular weight excluding hydrogens is 412 g/mol. The van der Waals surface area contributed by atoms with Crippen LogP contribution in [0.2, 0.25) is 0 Å². The van der Waals surface area contributed by atoms with Gasteiger partial charge < -0.3 is 0 Å². The molecule has 2 heteroatoms. The summed E-state index contributed by atoms with van der Waals surface area (Å²) in [6, 6.07) is 28.1. The number of rotatable bonds is 4. The van der Waals surface area contributed by atoms with Crippen LogP contribution in [0.15, 0.2) is 85.2 Å². The first-order valence-corrected chi connectivity index (χ1v) is 13.4. The van der Waals surface area contributed by atoms with E-state index in [4.69, 9.17) is 0 Å². The molecule has 0 spiro atoms. The van der Waals surface area contributed by atoms with Crippen LogP contribution >= 0.6 is 0 Å². The van der Waals surface area contributed by atoms with Gasteiger partial charge in [0, 0.05) is 54.3 Å². The Morgan fingerprint density at radius 2 is 0.882 bits per heavy atom.